The van der Waals surface area contributed by atoms with Gasteiger partial charge in [0, 0.05) is 12.6 Å². The average Bonchev–Trinajstić information content (AvgIpc) is 3.06. The molecule has 0 fully saturated rings. The molecule has 140 valence electrons. The Morgan fingerprint density at radius 1 is 1.11 bits per heavy atom. The molecule has 0 aliphatic heterocycles. The summed E-state index contributed by atoms with van der Waals surface area (Å²) in [5.74, 6) is -0.735. The van der Waals surface area contributed by atoms with Crippen molar-refractivity contribution in [3.63, 3.8) is 0 Å². The zero-order valence-electron chi connectivity index (χ0n) is 15.5. The molecule has 0 aliphatic carbocycles. The van der Waals surface area contributed by atoms with Crippen LogP contribution >= 0.6 is 0 Å². The van der Waals surface area contributed by atoms with Gasteiger partial charge in [0.2, 0.25) is 0 Å². The van der Waals surface area contributed by atoms with Gasteiger partial charge in [-0.25, -0.2) is 0 Å². The van der Waals surface area contributed by atoms with E-state index in [-0.39, 0.29) is 11.9 Å². The van der Waals surface area contributed by atoms with E-state index in [1.807, 2.05) is 43.3 Å². The minimum atomic E-state index is -0.779. The second-order valence-corrected chi connectivity index (χ2v) is 6.53. The number of amides is 2. The van der Waals surface area contributed by atoms with Crippen molar-refractivity contribution in [2.24, 2.45) is 0 Å². The van der Waals surface area contributed by atoms with Crippen LogP contribution in [-0.4, -0.2) is 42.5 Å². The summed E-state index contributed by atoms with van der Waals surface area (Å²) < 4.78 is 4.87. The number of benzene rings is 2. The predicted octanol–water partition coefficient (Wildman–Crippen LogP) is 2.49. The maximum atomic E-state index is 12.2. The van der Waals surface area contributed by atoms with E-state index in [4.69, 9.17) is 4.52 Å². The summed E-state index contributed by atoms with van der Waals surface area (Å²) >= 11 is 0. The number of fused-ring (bicyclic) bond motifs is 1. The van der Waals surface area contributed by atoms with Crippen molar-refractivity contribution in [1.82, 2.24) is 15.4 Å². The van der Waals surface area contributed by atoms with Crippen molar-refractivity contribution in [3.05, 3.63) is 59.9 Å². The smallest absolute Gasteiger partial charge is 0.314 e. The number of carbonyl (C=O) groups is 2. The van der Waals surface area contributed by atoms with Crippen LogP contribution in [0.5, 0.6) is 0 Å². The Bertz CT molecular complexity index is 959. The van der Waals surface area contributed by atoms with Gasteiger partial charge in [0.1, 0.15) is 5.76 Å². The lowest BCUT2D eigenvalue weighted by molar-refractivity contribution is -0.136. The number of anilines is 1. The average molecular weight is 366 g/mol. The van der Waals surface area contributed by atoms with Gasteiger partial charge >= 0.3 is 11.8 Å². The maximum Gasteiger partial charge on any atom is 0.314 e. The Balaban J connectivity index is 1.71. The normalized spacial score (nSPS) is 12.1. The van der Waals surface area contributed by atoms with Gasteiger partial charge in [-0.05, 0) is 37.4 Å². The molecule has 0 spiro atoms. The molecule has 0 aliphatic rings. The highest BCUT2D eigenvalue weighted by molar-refractivity contribution is 6.39. The molecule has 3 aromatic rings. The van der Waals surface area contributed by atoms with Gasteiger partial charge in [0.25, 0.3) is 0 Å². The first-order valence-corrected chi connectivity index (χ1v) is 8.62. The molecule has 0 saturated heterocycles. The van der Waals surface area contributed by atoms with E-state index in [9.17, 15) is 9.59 Å². The Morgan fingerprint density at radius 2 is 1.85 bits per heavy atom. The van der Waals surface area contributed by atoms with E-state index in [0.717, 1.165) is 16.3 Å². The van der Waals surface area contributed by atoms with E-state index in [2.05, 4.69) is 34.0 Å². The van der Waals surface area contributed by atoms with Crippen LogP contribution in [0.2, 0.25) is 0 Å². The lowest BCUT2D eigenvalue weighted by atomic mass is 9.98. The molecule has 7 nitrogen and oxygen atoms in total. The van der Waals surface area contributed by atoms with Crippen LogP contribution in [0.1, 0.15) is 17.4 Å². The van der Waals surface area contributed by atoms with E-state index < -0.39 is 11.8 Å². The first-order chi connectivity index (χ1) is 13.0. The first kappa shape index (κ1) is 18.6. The largest absolute Gasteiger partial charge is 0.360 e. The van der Waals surface area contributed by atoms with Gasteiger partial charge in [-0.15, -0.1) is 0 Å². The van der Waals surface area contributed by atoms with Gasteiger partial charge in [-0.1, -0.05) is 47.6 Å². The van der Waals surface area contributed by atoms with E-state index in [1.54, 1.807) is 13.0 Å². The quantitative estimate of drug-likeness (QED) is 0.678. The van der Waals surface area contributed by atoms with Gasteiger partial charge in [0.15, 0.2) is 5.82 Å². The molecule has 1 atom stereocenters. The number of likely N-dealkylation sites (N-methyl/N-ethyl adjacent to an activating group) is 1. The molecule has 27 heavy (non-hydrogen) atoms. The number of hydrogen-bond acceptors (Lipinski definition) is 5. The molecule has 3 rings (SSSR count). The minimum absolute atomic E-state index is 0.0813. The fraction of sp³-hybridized carbons (Fsp3) is 0.250. The van der Waals surface area contributed by atoms with Crippen LogP contribution < -0.4 is 10.6 Å². The zero-order valence-corrected chi connectivity index (χ0v) is 15.5. The van der Waals surface area contributed by atoms with Crippen molar-refractivity contribution in [3.8, 4) is 0 Å². The Labute approximate surface area is 157 Å². The highest BCUT2D eigenvalue weighted by Crippen LogP contribution is 2.26. The maximum absolute atomic E-state index is 12.2. The third-order valence-corrected chi connectivity index (χ3v) is 4.34. The number of nitrogens with one attached hydrogen (secondary N) is 2. The van der Waals surface area contributed by atoms with Crippen LogP contribution in [0.3, 0.4) is 0 Å². The standard InChI is InChI=1S/C20H22N4O3/c1-13-11-18(23-27-13)22-20(26)19(25)21-12-17(24(2)3)16-10-6-8-14-7-4-5-9-15(14)16/h4-11,17H,12H2,1-3H3,(H,21,25)(H,22,23,26)/t17-/m0/s1. The summed E-state index contributed by atoms with van der Waals surface area (Å²) in [4.78, 5) is 26.2. The number of carbonyl (C=O) groups excluding carboxylic acids is 2. The van der Waals surface area contributed by atoms with Gasteiger partial charge in [-0.2, -0.15) is 0 Å². The van der Waals surface area contributed by atoms with Gasteiger partial charge in [-0.3, -0.25) is 14.9 Å². The van der Waals surface area contributed by atoms with Crippen molar-refractivity contribution in [2.45, 2.75) is 13.0 Å². The zero-order chi connectivity index (χ0) is 19.4. The topological polar surface area (TPSA) is 87.5 Å². The van der Waals surface area contributed by atoms with Crippen LogP contribution in [0.4, 0.5) is 5.82 Å². The molecule has 2 N–H and O–H groups in total. The van der Waals surface area contributed by atoms with Crippen molar-refractivity contribution in [1.29, 1.82) is 0 Å². The van der Waals surface area contributed by atoms with Crippen LogP contribution in [0.15, 0.2) is 53.1 Å². The van der Waals surface area contributed by atoms with Crippen molar-refractivity contribution in [2.75, 3.05) is 26.0 Å². The fourth-order valence-corrected chi connectivity index (χ4v) is 2.98. The number of aryl methyl sites for hydroxylation is 1. The van der Waals surface area contributed by atoms with Crippen molar-refractivity contribution < 1.29 is 14.1 Å². The Kier molecular flexibility index (Phi) is 5.52. The minimum Gasteiger partial charge on any atom is -0.360 e. The van der Waals surface area contributed by atoms with E-state index in [0.29, 0.717) is 12.3 Å². The predicted molar refractivity (Wildman–Crippen MR) is 103 cm³/mol. The molecule has 7 heteroatoms. The highest BCUT2D eigenvalue weighted by Gasteiger charge is 2.21. The summed E-state index contributed by atoms with van der Waals surface area (Å²) in [7, 11) is 3.88. The summed E-state index contributed by atoms with van der Waals surface area (Å²) in [6.45, 7) is 2.00. The lowest BCUT2D eigenvalue weighted by Crippen LogP contribution is -2.40. The van der Waals surface area contributed by atoms with Crippen molar-refractivity contribution >= 4 is 28.4 Å². The fourth-order valence-electron chi connectivity index (χ4n) is 2.98. The summed E-state index contributed by atoms with van der Waals surface area (Å²) in [6, 6.07) is 15.6. The third kappa shape index (κ3) is 4.32. The highest BCUT2D eigenvalue weighted by atomic mass is 16.5. The summed E-state index contributed by atoms with van der Waals surface area (Å²) in [5.41, 5.74) is 1.09. The molecule has 2 amide bonds. The molecular formula is C20H22N4O3. The van der Waals surface area contributed by atoms with Crippen LogP contribution in [0, 0.1) is 6.92 Å². The SMILES string of the molecule is Cc1cc(NC(=O)C(=O)NC[C@@H](c2cccc3ccccc23)N(C)C)no1. The Hall–Kier alpha value is -3.19. The molecule has 2 aromatic carbocycles. The summed E-state index contributed by atoms with van der Waals surface area (Å²) in [6.07, 6.45) is 0. The second-order valence-electron chi connectivity index (χ2n) is 6.53. The van der Waals surface area contributed by atoms with Gasteiger partial charge < -0.3 is 14.7 Å². The molecule has 0 radical (unpaired) electrons. The third-order valence-electron chi connectivity index (χ3n) is 4.34. The van der Waals surface area contributed by atoms with Crippen LogP contribution in [-0.2, 0) is 9.59 Å². The van der Waals surface area contributed by atoms with E-state index >= 15 is 0 Å². The number of nitrogens with zero attached hydrogens (tertiary/aromatic N) is 2. The molecule has 1 aromatic heterocycles. The molecule has 1 heterocycles. The summed E-state index contributed by atoms with van der Waals surface area (Å²) in [5, 5.41) is 11.0. The van der Waals surface area contributed by atoms with Crippen LogP contribution in [0.25, 0.3) is 10.8 Å². The van der Waals surface area contributed by atoms with Gasteiger partial charge in [0.05, 0.1) is 6.04 Å². The molecule has 0 bridgehead atoms. The number of hydrogen-bond donors (Lipinski definition) is 2. The Morgan fingerprint density at radius 3 is 2.56 bits per heavy atom. The molecular weight excluding hydrogens is 344 g/mol. The number of aromatic nitrogens is 1. The second kappa shape index (κ2) is 8.01. The molecule has 0 saturated carbocycles. The van der Waals surface area contributed by atoms with E-state index in [1.165, 1.54) is 0 Å². The first-order valence-electron chi connectivity index (χ1n) is 8.62. The lowest BCUT2D eigenvalue weighted by Gasteiger charge is -2.26. The monoisotopic (exact) mass is 366 g/mol. The number of rotatable bonds is 5. The molecule has 0 unspecified atom stereocenters.